The Kier molecular flexibility index (Phi) is 5.39. The van der Waals surface area contributed by atoms with E-state index in [1.165, 1.54) is 0 Å². The Morgan fingerprint density at radius 3 is 2.06 bits per heavy atom. The Balaban J connectivity index is 1.43. The number of benzene rings is 3. The molecule has 0 aliphatic carbocycles. The first kappa shape index (κ1) is 20.2. The Bertz CT molecular complexity index is 1440. The Hall–Kier alpha value is -4.71. The molecule has 5 rings (SSSR count). The van der Waals surface area contributed by atoms with Gasteiger partial charge in [-0.15, -0.1) is 0 Å². The number of hydrogen-bond acceptors (Lipinski definition) is 3. The van der Waals surface area contributed by atoms with Crippen LogP contribution < -0.4 is 10.6 Å². The van der Waals surface area contributed by atoms with Gasteiger partial charge < -0.3 is 10.6 Å². The van der Waals surface area contributed by atoms with Crippen molar-refractivity contribution >= 4 is 28.8 Å². The molecule has 5 aromatic rings. The molecule has 0 atom stereocenters. The van der Waals surface area contributed by atoms with Crippen LogP contribution in [0.1, 0.15) is 20.7 Å². The zero-order valence-electron chi connectivity index (χ0n) is 17.6. The summed E-state index contributed by atoms with van der Waals surface area (Å²) in [6.07, 6.45) is 3.65. The molecule has 2 aromatic heterocycles. The van der Waals surface area contributed by atoms with Gasteiger partial charge in [0, 0.05) is 28.6 Å². The summed E-state index contributed by atoms with van der Waals surface area (Å²) in [6, 6.07) is 29.4. The number of fused-ring (bicyclic) bond motifs is 1. The fourth-order valence-electron chi connectivity index (χ4n) is 3.66. The normalized spacial score (nSPS) is 10.7. The molecule has 0 saturated heterocycles. The van der Waals surface area contributed by atoms with Gasteiger partial charge in [0.2, 0.25) is 0 Å². The molecule has 0 bridgehead atoms. The number of rotatable bonds is 5. The van der Waals surface area contributed by atoms with Crippen molar-refractivity contribution in [3.63, 3.8) is 0 Å². The van der Waals surface area contributed by atoms with Gasteiger partial charge in [0.1, 0.15) is 0 Å². The first-order chi connectivity index (χ1) is 16.2. The summed E-state index contributed by atoms with van der Waals surface area (Å²) in [4.78, 5) is 29.7. The van der Waals surface area contributed by atoms with Crippen molar-refractivity contribution in [1.29, 1.82) is 0 Å². The monoisotopic (exact) mass is 432 g/mol. The lowest BCUT2D eigenvalue weighted by atomic mass is 10.1. The molecule has 2 N–H and O–H groups in total. The number of pyridine rings is 1. The average Bonchev–Trinajstić information content (AvgIpc) is 3.30. The van der Waals surface area contributed by atoms with Crippen molar-refractivity contribution in [2.75, 3.05) is 10.6 Å². The van der Waals surface area contributed by atoms with Crippen molar-refractivity contribution in [2.24, 2.45) is 0 Å². The quantitative estimate of drug-likeness (QED) is 0.385. The smallest absolute Gasteiger partial charge is 0.255 e. The number of aromatic nitrogens is 2. The van der Waals surface area contributed by atoms with Gasteiger partial charge in [0.05, 0.1) is 17.6 Å². The van der Waals surface area contributed by atoms with Gasteiger partial charge in [-0.25, -0.2) is 4.98 Å². The highest BCUT2D eigenvalue weighted by molar-refractivity contribution is 6.06. The van der Waals surface area contributed by atoms with E-state index in [4.69, 9.17) is 0 Å². The van der Waals surface area contributed by atoms with Crippen LogP contribution in [-0.4, -0.2) is 21.2 Å². The predicted molar refractivity (Wildman–Crippen MR) is 129 cm³/mol. The number of carbonyl (C=O) groups is 2. The van der Waals surface area contributed by atoms with Crippen LogP contribution in [0.3, 0.4) is 0 Å². The maximum absolute atomic E-state index is 12.6. The molecular formula is C27H20N4O2. The second-order valence-corrected chi connectivity index (χ2v) is 7.48. The van der Waals surface area contributed by atoms with E-state index >= 15 is 0 Å². The van der Waals surface area contributed by atoms with E-state index in [2.05, 4.69) is 15.6 Å². The molecule has 33 heavy (non-hydrogen) atoms. The van der Waals surface area contributed by atoms with Gasteiger partial charge in [-0.05, 0) is 48.5 Å². The molecule has 0 spiro atoms. The first-order valence-electron chi connectivity index (χ1n) is 10.5. The highest BCUT2D eigenvalue weighted by atomic mass is 16.2. The minimum atomic E-state index is -0.195. The van der Waals surface area contributed by atoms with E-state index in [-0.39, 0.29) is 11.8 Å². The number of amides is 2. The number of nitrogens with one attached hydrogen (secondary N) is 2. The van der Waals surface area contributed by atoms with Gasteiger partial charge in [0.25, 0.3) is 11.8 Å². The number of nitrogens with zero attached hydrogens (tertiary/aromatic N) is 2. The zero-order chi connectivity index (χ0) is 22.6. The van der Waals surface area contributed by atoms with Crippen LogP contribution in [0.4, 0.5) is 11.4 Å². The van der Waals surface area contributed by atoms with Crippen molar-refractivity contribution in [3.05, 3.63) is 121 Å². The molecular weight excluding hydrogens is 412 g/mol. The minimum absolute atomic E-state index is 0.170. The highest BCUT2D eigenvalue weighted by Gasteiger charge is 2.13. The summed E-state index contributed by atoms with van der Waals surface area (Å²) in [5.41, 5.74) is 4.84. The molecule has 0 fully saturated rings. The second-order valence-electron chi connectivity index (χ2n) is 7.48. The minimum Gasteiger partial charge on any atom is -0.322 e. The summed E-state index contributed by atoms with van der Waals surface area (Å²) < 4.78 is 1.92. The third kappa shape index (κ3) is 4.22. The predicted octanol–water partition coefficient (Wildman–Crippen LogP) is 5.51. The van der Waals surface area contributed by atoms with Crippen LogP contribution in [0.25, 0.3) is 16.9 Å². The average molecular weight is 432 g/mol. The highest BCUT2D eigenvalue weighted by Crippen LogP contribution is 2.27. The first-order valence-corrected chi connectivity index (χ1v) is 10.5. The standard InChI is InChI=1S/C27H20N4O2/c32-26(19-9-3-1-4-10-19)29-22-14-7-13-21(17-22)24-18-28-25-23(15-8-16-31(24)25)30-27(33)20-11-5-2-6-12-20/h1-18H,(H,29,32)(H,30,33). The number of carbonyl (C=O) groups excluding carboxylic acids is 2. The molecule has 0 unspecified atom stereocenters. The van der Waals surface area contributed by atoms with E-state index in [0.29, 0.717) is 28.1 Å². The van der Waals surface area contributed by atoms with E-state index < -0.39 is 0 Å². The lowest BCUT2D eigenvalue weighted by molar-refractivity contribution is 0.101. The molecule has 0 aliphatic heterocycles. The maximum Gasteiger partial charge on any atom is 0.255 e. The van der Waals surface area contributed by atoms with Crippen LogP contribution in [0.5, 0.6) is 0 Å². The summed E-state index contributed by atoms with van der Waals surface area (Å²) in [6.45, 7) is 0. The Morgan fingerprint density at radius 2 is 1.36 bits per heavy atom. The molecule has 6 nitrogen and oxygen atoms in total. The third-order valence-electron chi connectivity index (χ3n) is 5.27. The van der Waals surface area contributed by atoms with Gasteiger partial charge in [-0.2, -0.15) is 0 Å². The maximum atomic E-state index is 12.6. The van der Waals surface area contributed by atoms with Crippen LogP contribution >= 0.6 is 0 Å². The topological polar surface area (TPSA) is 75.5 Å². The lowest BCUT2D eigenvalue weighted by Crippen LogP contribution is -2.12. The Morgan fingerprint density at radius 1 is 0.697 bits per heavy atom. The van der Waals surface area contributed by atoms with Gasteiger partial charge in [-0.1, -0.05) is 48.5 Å². The van der Waals surface area contributed by atoms with E-state index in [1.54, 1.807) is 30.5 Å². The second kappa shape index (κ2) is 8.80. The third-order valence-corrected chi connectivity index (χ3v) is 5.27. The summed E-state index contributed by atoms with van der Waals surface area (Å²) >= 11 is 0. The molecule has 0 saturated carbocycles. The van der Waals surface area contributed by atoms with Crippen LogP contribution in [-0.2, 0) is 0 Å². The number of anilines is 2. The lowest BCUT2D eigenvalue weighted by Gasteiger charge is -2.09. The number of imidazole rings is 1. The fraction of sp³-hybridized carbons (Fsp3) is 0. The molecule has 160 valence electrons. The molecule has 2 amide bonds. The Labute approximate surface area is 190 Å². The molecule has 6 heteroatoms. The van der Waals surface area contributed by atoms with Crippen LogP contribution in [0.15, 0.2) is 109 Å². The van der Waals surface area contributed by atoms with E-state index in [1.807, 2.05) is 83.4 Å². The van der Waals surface area contributed by atoms with Crippen molar-refractivity contribution in [3.8, 4) is 11.3 Å². The molecule has 2 heterocycles. The van der Waals surface area contributed by atoms with E-state index in [0.717, 1.165) is 11.3 Å². The van der Waals surface area contributed by atoms with Gasteiger partial charge in [-0.3, -0.25) is 14.0 Å². The summed E-state index contributed by atoms with van der Waals surface area (Å²) in [5.74, 6) is -0.365. The molecule has 0 aliphatic rings. The van der Waals surface area contributed by atoms with Crippen molar-refractivity contribution in [2.45, 2.75) is 0 Å². The summed E-state index contributed by atoms with van der Waals surface area (Å²) in [5, 5.41) is 5.88. The molecule has 0 radical (unpaired) electrons. The van der Waals surface area contributed by atoms with Gasteiger partial charge in [0.15, 0.2) is 5.65 Å². The SMILES string of the molecule is O=C(Nc1cccc(-c2cnc3c(NC(=O)c4ccccc4)cccn23)c1)c1ccccc1. The number of hydrogen-bond donors (Lipinski definition) is 2. The van der Waals surface area contributed by atoms with Crippen molar-refractivity contribution in [1.82, 2.24) is 9.38 Å². The fourth-order valence-corrected chi connectivity index (χ4v) is 3.66. The van der Waals surface area contributed by atoms with Gasteiger partial charge >= 0.3 is 0 Å². The van der Waals surface area contributed by atoms with E-state index in [9.17, 15) is 9.59 Å². The van der Waals surface area contributed by atoms with Crippen LogP contribution in [0.2, 0.25) is 0 Å². The van der Waals surface area contributed by atoms with Crippen molar-refractivity contribution < 1.29 is 9.59 Å². The molecule has 3 aromatic carbocycles. The van der Waals surface area contributed by atoms with Crippen LogP contribution in [0, 0.1) is 0 Å². The summed E-state index contributed by atoms with van der Waals surface area (Å²) in [7, 11) is 0. The zero-order valence-corrected chi connectivity index (χ0v) is 17.6. The largest absolute Gasteiger partial charge is 0.322 e.